The molecule has 0 aliphatic carbocycles. The van der Waals surface area contributed by atoms with Crippen LogP contribution in [-0.2, 0) is 0 Å². The predicted octanol–water partition coefficient (Wildman–Crippen LogP) is 2.98. The van der Waals surface area contributed by atoms with Crippen LogP contribution in [0.4, 0.5) is 5.69 Å². The zero-order valence-electron chi connectivity index (χ0n) is 11.6. The molecule has 0 radical (unpaired) electrons. The van der Waals surface area contributed by atoms with Crippen molar-refractivity contribution in [2.24, 2.45) is 0 Å². The Morgan fingerprint density at radius 1 is 1.40 bits per heavy atom. The van der Waals surface area contributed by atoms with Crippen molar-refractivity contribution in [3.63, 3.8) is 0 Å². The quantitative estimate of drug-likeness (QED) is 0.820. The minimum Gasteiger partial charge on any atom is -0.451 e. The molecule has 3 rings (SSSR count). The lowest BCUT2D eigenvalue weighted by Gasteiger charge is -2.36. The maximum absolute atomic E-state index is 12.6. The number of anilines is 1. The molecule has 2 unspecified atom stereocenters. The molecule has 1 saturated heterocycles. The van der Waals surface area contributed by atoms with E-state index in [-0.39, 0.29) is 11.9 Å². The van der Waals surface area contributed by atoms with E-state index in [4.69, 9.17) is 10.2 Å². The van der Waals surface area contributed by atoms with E-state index < -0.39 is 0 Å². The molecule has 2 aromatic rings. The molecule has 2 heterocycles. The molecule has 1 aliphatic rings. The molecule has 0 bridgehead atoms. The van der Waals surface area contributed by atoms with Crippen molar-refractivity contribution in [2.75, 3.05) is 18.0 Å². The molecule has 1 aromatic heterocycles. The van der Waals surface area contributed by atoms with Crippen LogP contribution >= 0.6 is 11.8 Å². The minimum atomic E-state index is -0.0283. The Labute approximate surface area is 122 Å². The Morgan fingerprint density at radius 3 is 3.00 bits per heavy atom. The van der Waals surface area contributed by atoms with Crippen LogP contribution in [0.2, 0.25) is 0 Å². The Balaban J connectivity index is 1.92. The lowest BCUT2D eigenvalue weighted by molar-refractivity contribution is 0.0668. The molecule has 1 amide bonds. The Hall–Kier alpha value is -1.62. The van der Waals surface area contributed by atoms with Crippen LogP contribution in [0, 0.1) is 0 Å². The molecule has 4 nitrogen and oxygen atoms in total. The summed E-state index contributed by atoms with van der Waals surface area (Å²) in [5, 5.41) is 1.33. The van der Waals surface area contributed by atoms with Gasteiger partial charge >= 0.3 is 0 Å². The van der Waals surface area contributed by atoms with Gasteiger partial charge in [0, 0.05) is 34.7 Å². The number of nitrogens with zero attached hydrogens (tertiary/aromatic N) is 1. The fraction of sp³-hybridized carbons (Fsp3) is 0.400. The number of fused-ring (bicyclic) bond motifs is 1. The van der Waals surface area contributed by atoms with Crippen LogP contribution in [0.3, 0.4) is 0 Å². The third-order valence-corrected chi connectivity index (χ3v) is 5.23. The molecule has 1 aliphatic heterocycles. The SMILES string of the molecule is CC1SCCN(C(=O)c2cc3cc(N)ccc3o2)C1C. The highest BCUT2D eigenvalue weighted by Gasteiger charge is 2.31. The topological polar surface area (TPSA) is 59.5 Å². The van der Waals surface area contributed by atoms with Crippen LogP contribution in [0.5, 0.6) is 0 Å². The number of hydrogen-bond acceptors (Lipinski definition) is 4. The van der Waals surface area contributed by atoms with Crippen LogP contribution in [0.1, 0.15) is 24.4 Å². The molecular formula is C15H18N2O2S. The fourth-order valence-electron chi connectivity index (χ4n) is 2.53. The van der Waals surface area contributed by atoms with Crippen molar-refractivity contribution in [1.29, 1.82) is 0 Å². The summed E-state index contributed by atoms with van der Waals surface area (Å²) in [5.74, 6) is 1.35. The second kappa shape index (κ2) is 5.05. The zero-order chi connectivity index (χ0) is 14.3. The van der Waals surface area contributed by atoms with Gasteiger partial charge in [-0.2, -0.15) is 11.8 Å². The number of nitrogens with two attached hydrogens (primary N) is 1. The number of carbonyl (C=O) groups excluding carboxylic acids is 1. The van der Waals surface area contributed by atoms with Crippen LogP contribution < -0.4 is 5.73 Å². The molecule has 0 saturated carbocycles. The smallest absolute Gasteiger partial charge is 0.289 e. The summed E-state index contributed by atoms with van der Waals surface area (Å²) in [7, 11) is 0. The maximum Gasteiger partial charge on any atom is 0.289 e. The molecule has 2 atom stereocenters. The summed E-state index contributed by atoms with van der Waals surface area (Å²) >= 11 is 1.91. The van der Waals surface area contributed by atoms with Gasteiger partial charge in [0.15, 0.2) is 5.76 Å². The number of thioether (sulfide) groups is 1. The highest BCUT2D eigenvalue weighted by atomic mass is 32.2. The van der Waals surface area contributed by atoms with E-state index in [1.54, 1.807) is 18.2 Å². The number of rotatable bonds is 1. The van der Waals surface area contributed by atoms with Gasteiger partial charge in [-0.05, 0) is 31.2 Å². The van der Waals surface area contributed by atoms with Crippen molar-refractivity contribution in [3.8, 4) is 0 Å². The van der Waals surface area contributed by atoms with Gasteiger partial charge in [-0.15, -0.1) is 0 Å². The van der Waals surface area contributed by atoms with Crippen molar-refractivity contribution in [2.45, 2.75) is 25.1 Å². The number of hydrogen-bond donors (Lipinski definition) is 1. The highest BCUT2D eigenvalue weighted by molar-refractivity contribution is 8.00. The van der Waals surface area contributed by atoms with E-state index in [0.29, 0.717) is 22.3 Å². The van der Waals surface area contributed by atoms with E-state index in [0.717, 1.165) is 17.7 Å². The minimum absolute atomic E-state index is 0.0283. The lowest BCUT2D eigenvalue weighted by atomic mass is 10.2. The van der Waals surface area contributed by atoms with Gasteiger partial charge in [0.1, 0.15) is 5.58 Å². The fourth-order valence-corrected chi connectivity index (χ4v) is 3.63. The molecular weight excluding hydrogens is 272 g/mol. The van der Waals surface area contributed by atoms with Gasteiger partial charge in [0.25, 0.3) is 5.91 Å². The standard InChI is InChI=1S/C15H18N2O2S/c1-9-10(2)20-6-5-17(9)15(18)14-8-11-7-12(16)3-4-13(11)19-14/h3-4,7-10H,5-6,16H2,1-2H3. The van der Waals surface area contributed by atoms with E-state index in [1.807, 2.05) is 22.7 Å². The average molecular weight is 290 g/mol. The normalized spacial score (nSPS) is 23.2. The second-order valence-electron chi connectivity index (χ2n) is 5.22. The number of amides is 1. The summed E-state index contributed by atoms with van der Waals surface area (Å²) in [6.07, 6.45) is 0. The zero-order valence-corrected chi connectivity index (χ0v) is 12.4. The summed E-state index contributed by atoms with van der Waals surface area (Å²) < 4.78 is 5.67. The maximum atomic E-state index is 12.6. The van der Waals surface area contributed by atoms with Gasteiger partial charge < -0.3 is 15.1 Å². The first-order valence-corrected chi connectivity index (χ1v) is 7.83. The van der Waals surface area contributed by atoms with E-state index in [9.17, 15) is 4.79 Å². The Kier molecular flexibility index (Phi) is 3.38. The predicted molar refractivity (Wildman–Crippen MR) is 83.0 cm³/mol. The van der Waals surface area contributed by atoms with Crippen molar-refractivity contribution in [1.82, 2.24) is 4.90 Å². The van der Waals surface area contributed by atoms with Gasteiger partial charge in [-0.1, -0.05) is 6.92 Å². The number of nitrogen functional groups attached to an aromatic ring is 1. The molecule has 5 heteroatoms. The van der Waals surface area contributed by atoms with Crippen LogP contribution in [0.15, 0.2) is 28.7 Å². The highest BCUT2D eigenvalue weighted by Crippen LogP contribution is 2.28. The lowest BCUT2D eigenvalue weighted by Crippen LogP contribution is -2.47. The van der Waals surface area contributed by atoms with E-state index >= 15 is 0 Å². The van der Waals surface area contributed by atoms with E-state index in [2.05, 4.69) is 13.8 Å². The first-order chi connectivity index (χ1) is 9.56. The molecule has 1 aromatic carbocycles. The van der Waals surface area contributed by atoms with Gasteiger partial charge in [0.05, 0.1) is 0 Å². The van der Waals surface area contributed by atoms with Gasteiger partial charge in [-0.3, -0.25) is 4.79 Å². The van der Waals surface area contributed by atoms with Crippen molar-refractivity contribution < 1.29 is 9.21 Å². The number of carbonyl (C=O) groups is 1. The monoisotopic (exact) mass is 290 g/mol. The summed E-state index contributed by atoms with van der Waals surface area (Å²) in [5.41, 5.74) is 7.13. The molecule has 106 valence electrons. The third kappa shape index (κ3) is 2.26. The Bertz CT molecular complexity index is 652. The van der Waals surface area contributed by atoms with Crippen molar-refractivity contribution in [3.05, 3.63) is 30.0 Å². The average Bonchev–Trinajstić information content (AvgIpc) is 2.84. The summed E-state index contributed by atoms with van der Waals surface area (Å²) in [6.45, 7) is 5.03. The van der Waals surface area contributed by atoms with Crippen LogP contribution in [0.25, 0.3) is 11.0 Å². The van der Waals surface area contributed by atoms with Crippen molar-refractivity contribution >= 4 is 34.3 Å². The van der Waals surface area contributed by atoms with Gasteiger partial charge in [-0.25, -0.2) is 0 Å². The first kappa shape index (κ1) is 13.4. The number of benzene rings is 1. The first-order valence-electron chi connectivity index (χ1n) is 6.78. The largest absolute Gasteiger partial charge is 0.451 e. The van der Waals surface area contributed by atoms with E-state index in [1.165, 1.54) is 0 Å². The molecule has 2 N–H and O–H groups in total. The number of furan rings is 1. The summed E-state index contributed by atoms with van der Waals surface area (Å²) in [4.78, 5) is 14.5. The van der Waals surface area contributed by atoms with Gasteiger partial charge in [0.2, 0.25) is 0 Å². The molecule has 1 fully saturated rings. The Morgan fingerprint density at radius 2 is 2.20 bits per heavy atom. The second-order valence-corrected chi connectivity index (χ2v) is 6.71. The van der Waals surface area contributed by atoms with Crippen LogP contribution in [-0.4, -0.2) is 34.4 Å². The molecule has 0 spiro atoms. The third-order valence-electron chi connectivity index (χ3n) is 3.90. The summed E-state index contributed by atoms with van der Waals surface area (Å²) in [6, 6.07) is 7.42. The molecule has 20 heavy (non-hydrogen) atoms.